The van der Waals surface area contributed by atoms with E-state index in [1.54, 1.807) is 6.08 Å². The van der Waals surface area contributed by atoms with Crippen LogP contribution in [0.5, 0.6) is 0 Å². The number of hydrogen-bond donors (Lipinski definition) is 0. The fourth-order valence-corrected chi connectivity index (χ4v) is 2.10. The van der Waals surface area contributed by atoms with Gasteiger partial charge in [-0.05, 0) is 43.5 Å². The summed E-state index contributed by atoms with van der Waals surface area (Å²) in [4.78, 5) is 16.2. The summed E-state index contributed by atoms with van der Waals surface area (Å²) in [5.74, 6) is 0.205. The van der Waals surface area contributed by atoms with Gasteiger partial charge in [-0.1, -0.05) is 45.6 Å². The summed E-state index contributed by atoms with van der Waals surface area (Å²) >= 11 is 0. The van der Waals surface area contributed by atoms with E-state index in [1.165, 1.54) is 19.3 Å². The van der Waals surface area contributed by atoms with Crippen LogP contribution in [0, 0.1) is 0 Å². The number of hydrogen-bond acceptors (Lipinski definition) is 2. The summed E-state index contributed by atoms with van der Waals surface area (Å²) in [6.07, 6.45) is 12.1. The van der Waals surface area contributed by atoms with Crippen molar-refractivity contribution in [2.45, 2.75) is 65.2 Å². The second-order valence-electron chi connectivity index (χ2n) is 5.27. The van der Waals surface area contributed by atoms with Gasteiger partial charge in [0.2, 0.25) is 0 Å². The number of allylic oxidation sites excluding steroid dienone is 1. The summed E-state index contributed by atoms with van der Waals surface area (Å²) in [5.41, 5.74) is 2.02. The molecule has 110 valence electrons. The van der Waals surface area contributed by atoms with Gasteiger partial charge in [0.25, 0.3) is 0 Å². The highest BCUT2D eigenvalue weighted by atomic mass is 16.1. The number of rotatable bonds is 10. The van der Waals surface area contributed by atoms with Crippen LogP contribution >= 0.6 is 0 Å². The van der Waals surface area contributed by atoms with Crippen molar-refractivity contribution in [1.29, 1.82) is 0 Å². The Morgan fingerprint density at radius 2 is 1.85 bits per heavy atom. The van der Waals surface area contributed by atoms with E-state index in [1.807, 2.05) is 18.2 Å². The Morgan fingerprint density at radius 3 is 2.60 bits per heavy atom. The van der Waals surface area contributed by atoms with Gasteiger partial charge in [-0.25, -0.2) is 0 Å². The van der Waals surface area contributed by atoms with E-state index < -0.39 is 0 Å². The van der Waals surface area contributed by atoms with Crippen LogP contribution < -0.4 is 0 Å². The number of pyridine rings is 1. The van der Waals surface area contributed by atoms with Crippen molar-refractivity contribution in [2.24, 2.45) is 0 Å². The maximum atomic E-state index is 11.7. The molecular formula is C18H27NO. The number of aromatic nitrogens is 1. The van der Waals surface area contributed by atoms with Crippen LogP contribution in [0.15, 0.2) is 24.3 Å². The number of carbonyl (C=O) groups is 1. The molecular weight excluding hydrogens is 246 g/mol. The van der Waals surface area contributed by atoms with Gasteiger partial charge in [-0.3, -0.25) is 9.78 Å². The predicted molar refractivity (Wildman–Crippen MR) is 85.6 cm³/mol. The first kappa shape index (κ1) is 16.6. The van der Waals surface area contributed by atoms with Crippen molar-refractivity contribution < 1.29 is 4.79 Å². The lowest BCUT2D eigenvalue weighted by Gasteiger charge is -2.01. The van der Waals surface area contributed by atoms with Crippen molar-refractivity contribution in [3.05, 3.63) is 35.7 Å². The third kappa shape index (κ3) is 7.22. The lowest BCUT2D eigenvalue weighted by Crippen LogP contribution is -1.94. The highest BCUT2D eigenvalue weighted by Crippen LogP contribution is 2.07. The lowest BCUT2D eigenvalue weighted by molar-refractivity contribution is -0.114. The molecule has 0 fully saturated rings. The average Bonchev–Trinajstić information content (AvgIpc) is 2.46. The molecule has 20 heavy (non-hydrogen) atoms. The van der Waals surface area contributed by atoms with Crippen LogP contribution in [0.2, 0.25) is 0 Å². The summed E-state index contributed by atoms with van der Waals surface area (Å²) in [6, 6.07) is 6.05. The van der Waals surface area contributed by atoms with E-state index in [9.17, 15) is 4.79 Å². The zero-order chi connectivity index (χ0) is 14.6. The van der Waals surface area contributed by atoms with E-state index in [4.69, 9.17) is 0 Å². The molecule has 0 aliphatic carbocycles. The number of unbranched alkanes of at least 4 members (excludes halogenated alkanes) is 4. The Hall–Kier alpha value is -1.44. The lowest BCUT2D eigenvalue weighted by atomic mass is 10.1. The molecule has 0 amide bonds. The number of ketones is 1. The van der Waals surface area contributed by atoms with Gasteiger partial charge in [0, 0.05) is 12.1 Å². The van der Waals surface area contributed by atoms with Crippen molar-refractivity contribution in [3.8, 4) is 0 Å². The fraction of sp³-hybridized carbons (Fsp3) is 0.556. The second-order valence-corrected chi connectivity index (χ2v) is 5.27. The Balaban J connectivity index is 2.46. The molecule has 0 unspecified atom stereocenters. The van der Waals surface area contributed by atoms with Gasteiger partial charge in [0.05, 0.1) is 5.69 Å². The third-order valence-corrected chi connectivity index (χ3v) is 3.33. The summed E-state index contributed by atoms with van der Waals surface area (Å²) in [6.45, 7) is 4.35. The second kappa shape index (κ2) is 10.4. The normalized spacial score (nSPS) is 11.1. The van der Waals surface area contributed by atoms with Gasteiger partial charge < -0.3 is 0 Å². The molecule has 2 heteroatoms. The molecule has 1 aromatic heterocycles. The summed E-state index contributed by atoms with van der Waals surface area (Å²) in [7, 11) is 0. The van der Waals surface area contributed by atoms with Crippen LogP contribution in [0.1, 0.15) is 70.2 Å². The maximum absolute atomic E-state index is 11.7. The SMILES string of the molecule is CCCCCC(=O)C=Cc1cccc(CCCCC)n1. The standard InChI is InChI=1S/C18H27NO/c1-3-5-7-10-16-11-9-12-17(19-16)14-15-18(20)13-8-6-4-2/h9,11-12,14-15H,3-8,10,13H2,1-2H3. The molecule has 1 aromatic rings. The zero-order valence-corrected chi connectivity index (χ0v) is 12.9. The van der Waals surface area contributed by atoms with Crippen LogP contribution in [0.25, 0.3) is 6.08 Å². The number of nitrogens with zero attached hydrogens (tertiary/aromatic N) is 1. The minimum absolute atomic E-state index is 0.205. The van der Waals surface area contributed by atoms with E-state index >= 15 is 0 Å². The average molecular weight is 273 g/mol. The third-order valence-electron chi connectivity index (χ3n) is 3.33. The largest absolute Gasteiger partial charge is 0.295 e. The molecule has 2 nitrogen and oxygen atoms in total. The van der Waals surface area contributed by atoms with E-state index in [0.29, 0.717) is 6.42 Å². The predicted octanol–water partition coefficient (Wildman–Crippen LogP) is 4.98. The van der Waals surface area contributed by atoms with Crippen LogP contribution in [0.3, 0.4) is 0 Å². The van der Waals surface area contributed by atoms with Gasteiger partial charge in [-0.2, -0.15) is 0 Å². The number of aryl methyl sites for hydroxylation is 1. The van der Waals surface area contributed by atoms with Crippen molar-refractivity contribution in [2.75, 3.05) is 0 Å². The smallest absolute Gasteiger partial charge is 0.155 e. The molecule has 0 N–H and O–H groups in total. The fourth-order valence-electron chi connectivity index (χ4n) is 2.10. The minimum Gasteiger partial charge on any atom is -0.295 e. The molecule has 0 aromatic carbocycles. The molecule has 0 radical (unpaired) electrons. The summed E-state index contributed by atoms with van der Waals surface area (Å²) < 4.78 is 0. The van der Waals surface area contributed by atoms with E-state index in [-0.39, 0.29) is 5.78 Å². The van der Waals surface area contributed by atoms with Crippen molar-refractivity contribution in [3.63, 3.8) is 0 Å². The van der Waals surface area contributed by atoms with Gasteiger partial charge in [0.15, 0.2) is 5.78 Å². The molecule has 0 saturated heterocycles. The van der Waals surface area contributed by atoms with Crippen LogP contribution in [-0.4, -0.2) is 10.8 Å². The highest BCUT2D eigenvalue weighted by molar-refractivity contribution is 5.93. The van der Waals surface area contributed by atoms with Crippen LogP contribution in [-0.2, 0) is 11.2 Å². The van der Waals surface area contributed by atoms with Gasteiger partial charge >= 0.3 is 0 Å². The Kier molecular flexibility index (Phi) is 8.61. The molecule has 0 spiro atoms. The monoisotopic (exact) mass is 273 g/mol. The molecule has 0 atom stereocenters. The quantitative estimate of drug-likeness (QED) is 0.444. The molecule has 0 aliphatic rings. The van der Waals surface area contributed by atoms with E-state index in [0.717, 1.165) is 37.1 Å². The van der Waals surface area contributed by atoms with Gasteiger partial charge in [0.1, 0.15) is 0 Å². The molecule has 1 rings (SSSR count). The molecule has 1 heterocycles. The highest BCUT2D eigenvalue weighted by Gasteiger charge is 1.98. The summed E-state index contributed by atoms with van der Waals surface area (Å²) in [5, 5.41) is 0. The van der Waals surface area contributed by atoms with E-state index in [2.05, 4.69) is 24.9 Å². The maximum Gasteiger partial charge on any atom is 0.155 e. The van der Waals surface area contributed by atoms with Crippen molar-refractivity contribution >= 4 is 11.9 Å². The molecule has 0 bridgehead atoms. The minimum atomic E-state index is 0.205. The van der Waals surface area contributed by atoms with Crippen molar-refractivity contribution in [1.82, 2.24) is 4.98 Å². The first-order valence-corrected chi connectivity index (χ1v) is 7.93. The Bertz CT molecular complexity index is 423. The molecule has 0 saturated carbocycles. The number of carbonyl (C=O) groups excluding carboxylic acids is 1. The first-order chi connectivity index (χ1) is 9.76. The Morgan fingerprint density at radius 1 is 1.10 bits per heavy atom. The van der Waals surface area contributed by atoms with Crippen LogP contribution in [0.4, 0.5) is 0 Å². The zero-order valence-electron chi connectivity index (χ0n) is 12.9. The molecule has 0 aliphatic heterocycles. The van der Waals surface area contributed by atoms with Gasteiger partial charge in [-0.15, -0.1) is 0 Å². The Labute approximate surface area is 123 Å². The first-order valence-electron chi connectivity index (χ1n) is 7.93. The topological polar surface area (TPSA) is 30.0 Å².